The van der Waals surface area contributed by atoms with Crippen molar-refractivity contribution in [1.29, 1.82) is 0 Å². The highest BCUT2D eigenvalue weighted by atomic mass is 31.2. The summed E-state index contributed by atoms with van der Waals surface area (Å²) in [6.07, 6.45) is 3.73. The van der Waals surface area contributed by atoms with E-state index in [1.165, 1.54) is 0 Å². The fourth-order valence-corrected chi connectivity index (χ4v) is 2.85. The van der Waals surface area contributed by atoms with Crippen molar-refractivity contribution in [2.24, 2.45) is 0 Å². The van der Waals surface area contributed by atoms with Gasteiger partial charge in [-0.1, -0.05) is 43.7 Å². The molecule has 5 heteroatoms. The number of phosphoric acid groups is 1. The van der Waals surface area contributed by atoms with E-state index in [0.717, 1.165) is 18.4 Å². The normalized spacial score (nSPS) is 12.4. The molecule has 0 unspecified atom stereocenters. The fourth-order valence-electron chi connectivity index (χ4n) is 1.61. The zero-order chi connectivity index (χ0) is 14.8. The maximum absolute atomic E-state index is 12.5. The minimum Gasteiger partial charge on any atom is -0.404 e. The Hall–Kier alpha value is -1.09. The van der Waals surface area contributed by atoms with Crippen molar-refractivity contribution < 1.29 is 18.1 Å². The monoisotopic (exact) mass is 298 g/mol. The molecule has 0 atom stereocenters. The second-order valence-electron chi connectivity index (χ2n) is 4.10. The second kappa shape index (κ2) is 8.96. The summed E-state index contributed by atoms with van der Waals surface area (Å²) in [5, 5.41) is 0. The second-order valence-corrected chi connectivity index (χ2v) is 5.69. The summed E-state index contributed by atoms with van der Waals surface area (Å²) in [5.41, 5.74) is 0.862. The molecule has 0 N–H and O–H groups in total. The summed E-state index contributed by atoms with van der Waals surface area (Å²) in [7, 11) is -3.55. The number of hydrogen-bond donors (Lipinski definition) is 0. The lowest BCUT2D eigenvalue weighted by atomic mass is 10.1. The van der Waals surface area contributed by atoms with Crippen LogP contribution in [0.15, 0.2) is 36.4 Å². The highest BCUT2D eigenvalue weighted by Crippen LogP contribution is 2.52. The first-order valence-electron chi connectivity index (χ1n) is 6.99. The molecule has 0 amide bonds. The van der Waals surface area contributed by atoms with Crippen molar-refractivity contribution in [2.45, 2.75) is 33.6 Å². The Balaban J connectivity index is 2.97. The predicted octanol–water partition coefficient (Wildman–Crippen LogP) is 5.03. The first-order valence-corrected chi connectivity index (χ1v) is 8.45. The maximum atomic E-state index is 12.5. The Morgan fingerprint density at radius 1 is 1.10 bits per heavy atom. The van der Waals surface area contributed by atoms with Crippen molar-refractivity contribution in [3.8, 4) is 0 Å². The summed E-state index contributed by atoms with van der Waals surface area (Å²) in [5.74, 6) is 0.540. The molecule has 112 valence electrons. The number of unbranched alkanes of at least 4 members (excludes halogenated alkanes) is 1. The van der Waals surface area contributed by atoms with Crippen LogP contribution in [0.2, 0.25) is 0 Å². The number of rotatable bonds is 9. The van der Waals surface area contributed by atoms with Gasteiger partial charge >= 0.3 is 7.82 Å². The van der Waals surface area contributed by atoms with Gasteiger partial charge in [-0.05, 0) is 26.3 Å². The Morgan fingerprint density at radius 3 is 2.20 bits per heavy atom. The molecule has 0 aliphatic heterocycles. The van der Waals surface area contributed by atoms with E-state index < -0.39 is 7.82 Å². The zero-order valence-corrected chi connectivity index (χ0v) is 13.3. The van der Waals surface area contributed by atoms with E-state index in [2.05, 4.69) is 6.92 Å². The van der Waals surface area contributed by atoms with Gasteiger partial charge in [0.05, 0.1) is 13.2 Å². The lowest BCUT2D eigenvalue weighted by Crippen LogP contribution is -2.00. The average molecular weight is 298 g/mol. The van der Waals surface area contributed by atoms with Gasteiger partial charge in [0, 0.05) is 5.56 Å². The molecule has 0 fully saturated rings. The summed E-state index contributed by atoms with van der Waals surface area (Å²) in [6, 6.07) is 9.55. The molecule has 0 saturated carbocycles. The maximum Gasteiger partial charge on any atom is 0.530 e. The molecule has 0 bridgehead atoms. The van der Waals surface area contributed by atoms with Gasteiger partial charge < -0.3 is 4.52 Å². The molecule has 0 aromatic heterocycles. The minimum absolute atomic E-state index is 0.271. The third-order valence-corrected chi connectivity index (χ3v) is 4.03. The summed E-state index contributed by atoms with van der Waals surface area (Å²) in [6.45, 7) is 6.13. The molecule has 0 aliphatic carbocycles. The van der Waals surface area contributed by atoms with Crippen LogP contribution in [0.1, 0.15) is 39.2 Å². The topological polar surface area (TPSA) is 44.8 Å². The predicted molar refractivity (Wildman–Crippen MR) is 81.3 cm³/mol. The minimum atomic E-state index is -3.55. The van der Waals surface area contributed by atoms with E-state index in [4.69, 9.17) is 13.6 Å². The Labute approximate surface area is 121 Å². The average Bonchev–Trinajstić information content (AvgIpc) is 2.45. The van der Waals surface area contributed by atoms with E-state index in [0.29, 0.717) is 5.76 Å². The van der Waals surface area contributed by atoms with Crippen molar-refractivity contribution in [2.75, 3.05) is 13.2 Å². The number of benzene rings is 1. The Kier molecular flexibility index (Phi) is 7.60. The van der Waals surface area contributed by atoms with Gasteiger partial charge in [0.15, 0.2) is 0 Å². The largest absolute Gasteiger partial charge is 0.530 e. The third-order valence-electron chi connectivity index (χ3n) is 2.46. The van der Waals surface area contributed by atoms with E-state index in [-0.39, 0.29) is 13.2 Å². The van der Waals surface area contributed by atoms with E-state index in [1.807, 2.05) is 36.4 Å². The molecule has 0 radical (unpaired) electrons. The zero-order valence-electron chi connectivity index (χ0n) is 12.4. The van der Waals surface area contributed by atoms with E-state index in [9.17, 15) is 4.57 Å². The van der Waals surface area contributed by atoms with Crippen LogP contribution in [-0.4, -0.2) is 13.2 Å². The van der Waals surface area contributed by atoms with Crippen LogP contribution < -0.4 is 0 Å². The van der Waals surface area contributed by atoms with E-state index in [1.54, 1.807) is 13.8 Å². The molecule has 1 aromatic rings. The molecule has 1 rings (SSSR count). The molecule has 1 aromatic carbocycles. The summed E-state index contributed by atoms with van der Waals surface area (Å²) < 4.78 is 28.4. The van der Waals surface area contributed by atoms with Gasteiger partial charge in [0.2, 0.25) is 0 Å². The van der Waals surface area contributed by atoms with Crippen LogP contribution in [0.4, 0.5) is 0 Å². The Morgan fingerprint density at radius 2 is 1.70 bits per heavy atom. The molecular weight excluding hydrogens is 275 g/mol. The van der Waals surface area contributed by atoms with Crippen molar-refractivity contribution in [3.05, 3.63) is 42.0 Å². The number of hydrogen-bond acceptors (Lipinski definition) is 4. The van der Waals surface area contributed by atoms with Crippen LogP contribution >= 0.6 is 7.82 Å². The molecule has 0 saturated heterocycles. The molecule has 0 aliphatic rings. The number of allylic oxidation sites excluding steroid dienone is 1. The number of phosphoric ester groups is 1. The smallest absolute Gasteiger partial charge is 0.404 e. The van der Waals surface area contributed by atoms with Gasteiger partial charge in [-0.25, -0.2) is 4.57 Å². The Bertz CT molecular complexity index is 446. The van der Waals surface area contributed by atoms with Crippen LogP contribution in [0.5, 0.6) is 0 Å². The lowest BCUT2D eigenvalue weighted by Gasteiger charge is -2.19. The third kappa shape index (κ3) is 5.49. The highest BCUT2D eigenvalue weighted by molar-refractivity contribution is 7.48. The van der Waals surface area contributed by atoms with Gasteiger partial charge in [0.25, 0.3) is 0 Å². The molecule has 0 spiro atoms. The first kappa shape index (κ1) is 17.0. The van der Waals surface area contributed by atoms with Crippen LogP contribution in [0, 0.1) is 0 Å². The molecular formula is C15H23O4P. The fraction of sp³-hybridized carbons (Fsp3) is 0.467. The SMILES string of the molecule is CCC/C=C(/OP(=O)(OCC)OCC)c1ccccc1. The van der Waals surface area contributed by atoms with Crippen LogP contribution in [0.3, 0.4) is 0 Å². The highest BCUT2D eigenvalue weighted by Gasteiger charge is 2.28. The van der Waals surface area contributed by atoms with Crippen LogP contribution in [-0.2, 0) is 18.1 Å². The van der Waals surface area contributed by atoms with E-state index >= 15 is 0 Å². The first-order chi connectivity index (χ1) is 9.65. The quantitative estimate of drug-likeness (QED) is 0.474. The van der Waals surface area contributed by atoms with Gasteiger partial charge in [-0.2, -0.15) is 0 Å². The molecule has 20 heavy (non-hydrogen) atoms. The van der Waals surface area contributed by atoms with Gasteiger partial charge in [-0.3, -0.25) is 9.05 Å². The van der Waals surface area contributed by atoms with Gasteiger partial charge in [-0.15, -0.1) is 0 Å². The molecule has 0 heterocycles. The summed E-state index contributed by atoms with van der Waals surface area (Å²) in [4.78, 5) is 0. The standard InChI is InChI=1S/C15H23O4P/c1-4-7-13-15(14-11-9-8-10-12-14)19-20(16,17-5-2)18-6-3/h8-13H,4-7H2,1-3H3/b15-13+. The van der Waals surface area contributed by atoms with Crippen molar-refractivity contribution in [3.63, 3.8) is 0 Å². The van der Waals surface area contributed by atoms with Crippen LogP contribution in [0.25, 0.3) is 5.76 Å². The summed E-state index contributed by atoms with van der Waals surface area (Å²) >= 11 is 0. The van der Waals surface area contributed by atoms with Gasteiger partial charge in [0.1, 0.15) is 5.76 Å². The van der Waals surface area contributed by atoms with Crippen molar-refractivity contribution >= 4 is 13.6 Å². The molecule has 4 nitrogen and oxygen atoms in total. The van der Waals surface area contributed by atoms with Crippen molar-refractivity contribution in [1.82, 2.24) is 0 Å². The lowest BCUT2D eigenvalue weighted by molar-refractivity contribution is 0.159.